The van der Waals surface area contributed by atoms with Gasteiger partial charge in [-0.05, 0) is 51.1 Å². The number of rotatable bonds is 6. The standard InChI is InChI=1S/C20H34N4O2/c1-14(25)24-8-6-16(7-9-24)21-19-11-15(20(19,2)3)10-17-12-18(26-22-17)13-23(4)5/h12,15-16,19,21H,6-11,13H2,1-5H3. The molecule has 2 aliphatic rings. The van der Waals surface area contributed by atoms with Crippen LogP contribution in [-0.2, 0) is 17.8 Å². The second-order valence-electron chi connectivity index (χ2n) is 8.98. The summed E-state index contributed by atoms with van der Waals surface area (Å²) in [6.07, 6.45) is 4.31. The van der Waals surface area contributed by atoms with E-state index in [4.69, 9.17) is 4.52 Å². The Kier molecular flexibility index (Phi) is 5.72. The molecular weight excluding hydrogens is 328 g/mol. The maximum atomic E-state index is 11.5. The largest absolute Gasteiger partial charge is 0.360 e. The summed E-state index contributed by atoms with van der Waals surface area (Å²) in [5.41, 5.74) is 1.34. The number of carbonyl (C=O) groups excluding carboxylic acids is 1. The Morgan fingerprint density at radius 1 is 1.38 bits per heavy atom. The summed E-state index contributed by atoms with van der Waals surface area (Å²) in [7, 11) is 4.07. The van der Waals surface area contributed by atoms with Crippen LogP contribution in [-0.4, -0.2) is 60.1 Å². The summed E-state index contributed by atoms with van der Waals surface area (Å²) in [5.74, 6) is 1.78. The molecule has 6 nitrogen and oxygen atoms in total. The van der Waals surface area contributed by atoms with E-state index >= 15 is 0 Å². The van der Waals surface area contributed by atoms with Crippen molar-refractivity contribution >= 4 is 5.91 Å². The molecule has 3 rings (SSSR count). The van der Waals surface area contributed by atoms with Crippen molar-refractivity contribution < 1.29 is 9.32 Å². The van der Waals surface area contributed by atoms with Crippen molar-refractivity contribution in [3.8, 4) is 0 Å². The molecule has 2 fully saturated rings. The molecule has 1 aliphatic carbocycles. The second kappa shape index (κ2) is 7.69. The first kappa shape index (κ1) is 19.4. The number of piperidine rings is 1. The zero-order valence-corrected chi connectivity index (χ0v) is 16.9. The lowest BCUT2D eigenvalue weighted by Gasteiger charge is -2.54. The third-order valence-electron chi connectivity index (χ3n) is 6.38. The van der Waals surface area contributed by atoms with Gasteiger partial charge in [0.25, 0.3) is 0 Å². The van der Waals surface area contributed by atoms with Crippen molar-refractivity contribution in [1.82, 2.24) is 20.3 Å². The highest BCUT2D eigenvalue weighted by molar-refractivity contribution is 5.73. The monoisotopic (exact) mass is 362 g/mol. The highest BCUT2D eigenvalue weighted by Gasteiger charge is 2.48. The zero-order chi connectivity index (χ0) is 18.9. The number of hydrogen-bond acceptors (Lipinski definition) is 5. The zero-order valence-electron chi connectivity index (χ0n) is 16.9. The van der Waals surface area contributed by atoms with Gasteiger partial charge in [0.05, 0.1) is 12.2 Å². The van der Waals surface area contributed by atoms with Crippen LogP contribution in [0, 0.1) is 11.3 Å². The van der Waals surface area contributed by atoms with Crippen LogP contribution in [0.3, 0.4) is 0 Å². The van der Waals surface area contributed by atoms with Crippen molar-refractivity contribution in [2.45, 2.75) is 65.1 Å². The molecule has 1 aromatic rings. The van der Waals surface area contributed by atoms with Gasteiger partial charge < -0.3 is 19.6 Å². The number of nitrogens with one attached hydrogen (secondary N) is 1. The molecule has 1 saturated heterocycles. The van der Waals surface area contributed by atoms with Crippen LogP contribution in [0.5, 0.6) is 0 Å². The maximum Gasteiger partial charge on any atom is 0.219 e. The topological polar surface area (TPSA) is 61.6 Å². The smallest absolute Gasteiger partial charge is 0.219 e. The van der Waals surface area contributed by atoms with Gasteiger partial charge in [-0.1, -0.05) is 19.0 Å². The van der Waals surface area contributed by atoms with Gasteiger partial charge in [0.15, 0.2) is 5.76 Å². The number of likely N-dealkylation sites (tertiary alicyclic amines) is 1. The fraction of sp³-hybridized carbons (Fsp3) is 0.800. The quantitative estimate of drug-likeness (QED) is 0.841. The molecule has 146 valence electrons. The molecule has 0 spiro atoms. The van der Waals surface area contributed by atoms with Gasteiger partial charge in [0.1, 0.15) is 0 Å². The van der Waals surface area contributed by atoms with Crippen molar-refractivity contribution in [3.63, 3.8) is 0 Å². The van der Waals surface area contributed by atoms with Crippen molar-refractivity contribution in [2.75, 3.05) is 27.2 Å². The fourth-order valence-electron chi connectivity index (χ4n) is 4.38. The highest BCUT2D eigenvalue weighted by atomic mass is 16.5. The van der Waals surface area contributed by atoms with E-state index in [2.05, 4.69) is 35.3 Å². The Morgan fingerprint density at radius 3 is 2.65 bits per heavy atom. The van der Waals surface area contributed by atoms with Crippen LogP contribution in [0.15, 0.2) is 10.6 Å². The number of aromatic nitrogens is 1. The predicted molar refractivity (Wildman–Crippen MR) is 102 cm³/mol. The van der Waals surface area contributed by atoms with Gasteiger partial charge in [0, 0.05) is 38.2 Å². The first-order valence-corrected chi connectivity index (χ1v) is 9.86. The Hall–Kier alpha value is -1.40. The summed E-state index contributed by atoms with van der Waals surface area (Å²) in [4.78, 5) is 15.5. The van der Waals surface area contributed by atoms with Crippen LogP contribution in [0.2, 0.25) is 0 Å². The maximum absolute atomic E-state index is 11.5. The minimum atomic E-state index is 0.203. The first-order chi connectivity index (χ1) is 12.3. The van der Waals surface area contributed by atoms with Gasteiger partial charge in [-0.3, -0.25) is 4.79 Å². The normalized spacial score (nSPS) is 26.2. The van der Waals surface area contributed by atoms with Crippen LogP contribution in [0.1, 0.15) is 51.5 Å². The molecule has 1 N–H and O–H groups in total. The molecule has 1 amide bonds. The van der Waals surface area contributed by atoms with Crippen LogP contribution < -0.4 is 5.32 Å². The molecule has 1 aliphatic heterocycles. The minimum absolute atomic E-state index is 0.203. The molecule has 0 radical (unpaired) electrons. The van der Waals surface area contributed by atoms with E-state index in [1.165, 1.54) is 6.42 Å². The van der Waals surface area contributed by atoms with Gasteiger partial charge in [0.2, 0.25) is 5.91 Å². The van der Waals surface area contributed by atoms with E-state index in [0.29, 0.717) is 18.0 Å². The molecule has 0 bridgehead atoms. The summed E-state index contributed by atoms with van der Waals surface area (Å²) < 4.78 is 5.45. The summed E-state index contributed by atoms with van der Waals surface area (Å²) >= 11 is 0. The van der Waals surface area contributed by atoms with Crippen molar-refractivity contribution in [1.29, 1.82) is 0 Å². The molecule has 2 heterocycles. The summed E-state index contributed by atoms with van der Waals surface area (Å²) in [6, 6.07) is 3.19. The van der Waals surface area contributed by atoms with E-state index in [0.717, 1.165) is 50.4 Å². The molecule has 0 aromatic carbocycles. The lowest BCUT2D eigenvalue weighted by molar-refractivity contribution is -0.130. The molecule has 2 atom stereocenters. The van der Waals surface area contributed by atoms with E-state index in [9.17, 15) is 4.79 Å². The Bertz CT molecular complexity index is 617. The van der Waals surface area contributed by atoms with E-state index in [-0.39, 0.29) is 11.3 Å². The van der Waals surface area contributed by atoms with Crippen molar-refractivity contribution in [3.05, 3.63) is 17.5 Å². The molecule has 6 heteroatoms. The van der Waals surface area contributed by atoms with E-state index < -0.39 is 0 Å². The van der Waals surface area contributed by atoms with E-state index in [1.54, 1.807) is 6.92 Å². The fourth-order valence-corrected chi connectivity index (χ4v) is 4.38. The number of carbonyl (C=O) groups is 1. The Morgan fingerprint density at radius 2 is 2.08 bits per heavy atom. The average molecular weight is 363 g/mol. The Labute approximate surface area is 157 Å². The summed E-state index contributed by atoms with van der Waals surface area (Å²) in [6.45, 7) is 8.97. The summed E-state index contributed by atoms with van der Waals surface area (Å²) in [5, 5.41) is 8.13. The van der Waals surface area contributed by atoms with Crippen LogP contribution >= 0.6 is 0 Å². The predicted octanol–water partition coefficient (Wildman–Crippen LogP) is 2.29. The van der Waals surface area contributed by atoms with E-state index in [1.807, 2.05) is 19.0 Å². The van der Waals surface area contributed by atoms with Gasteiger partial charge in [-0.15, -0.1) is 0 Å². The average Bonchev–Trinajstić information content (AvgIpc) is 3.00. The molecule has 1 saturated carbocycles. The van der Waals surface area contributed by atoms with Gasteiger partial charge in [-0.25, -0.2) is 0 Å². The molecular formula is C20H34N4O2. The van der Waals surface area contributed by atoms with Crippen LogP contribution in [0.4, 0.5) is 0 Å². The van der Waals surface area contributed by atoms with Crippen LogP contribution in [0.25, 0.3) is 0 Å². The third-order valence-corrected chi connectivity index (χ3v) is 6.38. The first-order valence-electron chi connectivity index (χ1n) is 9.86. The SMILES string of the molecule is CC(=O)N1CCC(NC2CC(Cc3cc(CN(C)C)on3)C2(C)C)CC1. The third kappa shape index (κ3) is 4.29. The van der Waals surface area contributed by atoms with Crippen molar-refractivity contribution in [2.24, 2.45) is 11.3 Å². The second-order valence-corrected chi connectivity index (χ2v) is 8.98. The molecule has 26 heavy (non-hydrogen) atoms. The molecule has 1 aromatic heterocycles. The number of nitrogens with zero attached hydrogens (tertiary/aromatic N) is 3. The highest BCUT2D eigenvalue weighted by Crippen LogP contribution is 2.48. The number of amides is 1. The lowest BCUT2D eigenvalue weighted by atomic mass is 9.57. The van der Waals surface area contributed by atoms with Gasteiger partial charge >= 0.3 is 0 Å². The molecule has 2 unspecified atom stereocenters. The van der Waals surface area contributed by atoms with Gasteiger partial charge in [-0.2, -0.15) is 0 Å². The Balaban J connectivity index is 1.47. The number of hydrogen-bond donors (Lipinski definition) is 1. The minimum Gasteiger partial charge on any atom is -0.360 e. The lowest BCUT2D eigenvalue weighted by Crippen LogP contribution is -2.61.